The standard InChI is InChI=1S/C12H24N2O/c1-4-10(2)8-12(15)14(3)9-11-6-5-7-13-11/h10-11,13H,4-9H2,1-3H3. The largest absolute Gasteiger partial charge is 0.344 e. The Morgan fingerprint density at radius 1 is 1.60 bits per heavy atom. The molecule has 0 aromatic rings. The second kappa shape index (κ2) is 6.11. The van der Waals surface area contributed by atoms with Gasteiger partial charge in [0.05, 0.1) is 0 Å². The SMILES string of the molecule is CCC(C)CC(=O)N(C)CC1CCCN1. The maximum absolute atomic E-state index is 11.8. The highest BCUT2D eigenvalue weighted by atomic mass is 16.2. The van der Waals surface area contributed by atoms with Crippen LogP contribution >= 0.6 is 0 Å². The van der Waals surface area contributed by atoms with Crippen LogP contribution in [0.1, 0.15) is 39.5 Å². The molecule has 1 rings (SSSR count). The average Bonchev–Trinajstić information content (AvgIpc) is 2.70. The van der Waals surface area contributed by atoms with E-state index in [1.165, 1.54) is 12.8 Å². The number of carbonyl (C=O) groups is 1. The van der Waals surface area contributed by atoms with Gasteiger partial charge in [-0.15, -0.1) is 0 Å². The van der Waals surface area contributed by atoms with E-state index in [9.17, 15) is 4.79 Å². The number of nitrogens with one attached hydrogen (secondary N) is 1. The highest BCUT2D eigenvalue weighted by Gasteiger charge is 2.19. The second-order valence-electron chi connectivity index (χ2n) is 4.79. The van der Waals surface area contributed by atoms with Crippen LogP contribution in [-0.2, 0) is 4.79 Å². The third-order valence-electron chi connectivity index (χ3n) is 3.30. The minimum atomic E-state index is 0.290. The summed E-state index contributed by atoms with van der Waals surface area (Å²) >= 11 is 0. The number of hydrogen-bond donors (Lipinski definition) is 1. The van der Waals surface area contributed by atoms with Crippen molar-refractivity contribution < 1.29 is 4.79 Å². The first-order valence-corrected chi connectivity index (χ1v) is 6.10. The third kappa shape index (κ3) is 4.20. The van der Waals surface area contributed by atoms with E-state index in [1.54, 1.807) is 0 Å². The summed E-state index contributed by atoms with van der Waals surface area (Å²) in [4.78, 5) is 13.7. The molecule has 2 atom stereocenters. The topological polar surface area (TPSA) is 32.3 Å². The van der Waals surface area contributed by atoms with Crippen LogP contribution in [-0.4, -0.2) is 37.0 Å². The molecule has 0 aromatic heterocycles. The van der Waals surface area contributed by atoms with Crippen molar-refractivity contribution in [3.05, 3.63) is 0 Å². The van der Waals surface area contributed by atoms with Gasteiger partial charge in [-0.25, -0.2) is 0 Å². The Labute approximate surface area is 93.2 Å². The van der Waals surface area contributed by atoms with E-state index in [4.69, 9.17) is 0 Å². The van der Waals surface area contributed by atoms with Gasteiger partial charge in [0, 0.05) is 26.1 Å². The Kier molecular flexibility index (Phi) is 5.09. The van der Waals surface area contributed by atoms with Gasteiger partial charge in [0.15, 0.2) is 0 Å². The normalized spacial score (nSPS) is 22.7. The first-order chi connectivity index (χ1) is 7.13. The molecule has 3 heteroatoms. The van der Waals surface area contributed by atoms with Gasteiger partial charge in [-0.05, 0) is 25.3 Å². The predicted molar refractivity (Wildman–Crippen MR) is 62.7 cm³/mol. The summed E-state index contributed by atoms with van der Waals surface area (Å²) in [5, 5.41) is 3.42. The fourth-order valence-electron chi connectivity index (χ4n) is 1.94. The number of likely N-dealkylation sites (N-methyl/N-ethyl adjacent to an activating group) is 1. The van der Waals surface area contributed by atoms with Crippen molar-refractivity contribution in [1.82, 2.24) is 10.2 Å². The average molecular weight is 212 g/mol. The molecule has 0 spiro atoms. The molecule has 1 N–H and O–H groups in total. The highest BCUT2D eigenvalue weighted by molar-refractivity contribution is 5.76. The zero-order chi connectivity index (χ0) is 11.3. The Bertz CT molecular complexity index is 200. The summed E-state index contributed by atoms with van der Waals surface area (Å²) in [5.41, 5.74) is 0. The van der Waals surface area contributed by atoms with E-state index in [1.807, 2.05) is 11.9 Å². The molecular weight excluding hydrogens is 188 g/mol. The third-order valence-corrected chi connectivity index (χ3v) is 3.30. The van der Waals surface area contributed by atoms with Crippen molar-refractivity contribution in [3.63, 3.8) is 0 Å². The van der Waals surface area contributed by atoms with Crippen molar-refractivity contribution >= 4 is 5.91 Å². The van der Waals surface area contributed by atoms with Crippen molar-refractivity contribution in [3.8, 4) is 0 Å². The summed E-state index contributed by atoms with van der Waals surface area (Å²) < 4.78 is 0. The monoisotopic (exact) mass is 212 g/mol. The quantitative estimate of drug-likeness (QED) is 0.751. The molecule has 3 nitrogen and oxygen atoms in total. The van der Waals surface area contributed by atoms with Crippen LogP contribution in [0.5, 0.6) is 0 Å². The molecule has 2 unspecified atom stereocenters. The van der Waals surface area contributed by atoms with E-state index in [2.05, 4.69) is 19.2 Å². The Balaban J connectivity index is 2.25. The molecule has 88 valence electrons. The van der Waals surface area contributed by atoms with Gasteiger partial charge in [-0.1, -0.05) is 20.3 Å². The number of hydrogen-bond acceptors (Lipinski definition) is 2. The van der Waals surface area contributed by atoms with Crippen LogP contribution in [0.2, 0.25) is 0 Å². The van der Waals surface area contributed by atoms with E-state index in [0.29, 0.717) is 18.4 Å². The van der Waals surface area contributed by atoms with Gasteiger partial charge in [-0.2, -0.15) is 0 Å². The zero-order valence-corrected chi connectivity index (χ0v) is 10.3. The van der Waals surface area contributed by atoms with Crippen molar-refractivity contribution in [2.75, 3.05) is 20.1 Å². The summed E-state index contributed by atoms with van der Waals surface area (Å²) in [5.74, 6) is 0.800. The zero-order valence-electron chi connectivity index (χ0n) is 10.3. The molecule has 1 amide bonds. The van der Waals surface area contributed by atoms with Crippen molar-refractivity contribution in [1.29, 1.82) is 0 Å². The summed E-state index contributed by atoms with van der Waals surface area (Å²) in [6, 6.07) is 0.524. The maximum Gasteiger partial charge on any atom is 0.222 e. The molecule has 15 heavy (non-hydrogen) atoms. The van der Waals surface area contributed by atoms with E-state index in [0.717, 1.165) is 19.5 Å². The van der Waals surface area contributed by atoms with Gasteiger partial charge in [0.2, 0.25) is 5.91 Å². The Morgan fingerprint density at radius 3 is 2.87 bits per heavy atom. The van der Waals surface area contributed by atoms with E-state index in [-0.39, 0.29) is 5.91 Å². The summed E-state index contributed by atoms with van der Waals surface area (Å²) in [6.07, 6.45) is 4.24. The number of carbonyl (C=O) groups excluding carboxylic acids is 1. The van der Waals surface area contributed by atoms with Crippen LogP contribution in [0.25, 0.3) is 0 Å². The van der Waals surface area contributed by atoms with Crippen LogP contribution in [0, 0.1) is 5.92 Å². The van der Waals surface area contributed by atoms with Crippen molar-refractivity contribution in [2.45, 2.75) is 45.6 Å². The smallest absolute Gasteiger partial charge is 0.222 e. The van der Waals surface area contributed by atoms with Crippen LogP contribution in [0.15, 0.2) is 0 Å². The first kappa shape index (κ1) is 12.5. The fourth-order valence-corrected chi connectivity index (χ4v) is 1.94. The lowest BCUT2D eigenvalue weighted by Crippen LogP contribution is -2.39. The molecule has 1 saturated heterocycles. The molecule has 0 aliphatic carbocycles. The molecular formula is C12H24N2O. The lowest BCUT2D eigenvalue weighted by Gasteiger charge is -2.22. The minimum absolute atomic E-state index is 0.290. The van der Waals surface area contributed by atoms with Crippen LogP contribution in [0.3, 0.4) is 0 Å². The van der Waals surface area contributed by atoms with Gasteiger partial charge in [0.1, 0.15) is 0 Å². The molecule has 0 bridgehead atoms. The molecule has 0 saturated carbocycles. The minimum Gasteiger partial charge on any atom is -0.344 e. The maximum atomic E-state index is 11.8. The molecule has 0 radical (unpaired) electrons. The lowest BCUT2D eigenvalue weighted by molar-refractivity contribution is -0.131. The van der Waals surface area contributed by atoms with Crippen LogP contribution in [0.4, 0.5) is 0 Å². The summed E-state index contributed by atoms with van der Waals surface area (Å²) in [7, 11) is 1.92. The van der Waals surface area contributed by atoms with Gasteiger partial charge in [-0.3, -0.25) is 4.79 Å². The number of rotatable bonds is 5. The predicted octanol–water partition coefficient (Wildman–Crippen LogP) is 1.63. The number of nitrogens with zero attached hydrogens (tertiary/aromatic N) is 1. The van der Waals surface area contributed by atoms with E-state index >= 15 is 0 Å². The van der Waals surface area contributed by atoms with Crippen molar-refractivity contribution in [2.24, 2.45) is 5.92 Å². The summed E-state index contributed by atoms with van der Waals surface area (Å²) in [6.45, 7) is 6.25. The molecule has 1 aliphatic heterocycles. The Hall–Kier alpha value is -0.570. The van der Waals surface area contributed by atoms with Gasteiger partial charge < -0.3 is 10.2 Å². The Morgan fingerprint density at radius 2 is 2.33 bits per heavy atom. The second-order valence-corrected chi connectivity index (χ2v) is 4.79. The first-order valence-electron chi connectivity index (χ1n) is 6.10. The molecule has 0 aromatic carbocycles. The van der Waals surface area contributed by atoms with E-state index < -0.39 is 0 Å². The fraction of sp³-hybridized carbons (Fsp3) is 0.917. The molecule has 1 fully saturated rings. The lowest BCUT2D eigenvalue weighted by atomic mass is 10.0. The number of amides is 1. The molecule has 1 aliphatic rings. The van der Waals surface area contributed by atoms with Gasteiger partial charge in [0.25, 0.3) is 0 Å². The van der Waals surface area contributed by atoms with Crippen LogP contribution < -0.4 is 5.32 Å². The van der Waals surface area contributed by atoms with Gasteiger partial charge >= 0.3 is 0 Å². The highest BCUT2D eigenvalue weighted by Crippen LogP contribution is 2.10. The molecule has 1 heterocycles.